The van der Waals surface area contributed by atoms with Crippen molar-refractivity contribution < 1.29 is 9.21 Å². The number of imidazole rings is 1. The molecule has 0 atom stereocenters. The van der Waals surface area contributed by atoms with Gasteiger partial charge >= 0.3 is 0 Å². The molecule has 0 radical (unpaired) electrons. The molecule has 1 N–H and O–H groups in total. The van der Waals surface area contributed by atoms with Crippen molar-refractivity contribution in [1.29, 1.82) is 0 Å². The lowest BCUT2D eigenvalue weighted by Crippen LogP contribution is -2.01. The molecule has 0 amide bonds. The number of carbonyl (C=O) groups is 1. The molecule has 2 aromatic heterocycles. The Hall–Kier alpha value is -2.07. The molecule has 0 fully saturated rings. The van der Waals surface area contributed by atoms with Crippen LogP contribution in [0.2, 0.25) is 5.02 Å². The Morgan fingerprint density at radius 2 is 2.24 bits per heavy atom. The largest absolute Gasteiger partial charge is 0.452 e. The fourth-order valence-corrected chi connectivity index (χ4v) is 1.81. The summed E-state index contributed by atoms with van der Waals surface area (Å²) < 4.78 is 5.44. The van der Waals surface area contributed by atoms with Crippen LogP contribution >= 0.6 is 11.6 Å². The van der Waals surface area contributed by atoms with Gasteiger partial charge in [-0.3, -0.25) is 4.79 Å². The molecule has 3 rings (SSSR count). The molecule has 17 heavy (non-hydrogen) atoms. The molecule has 1 aromatic carbocycles. The van der Waals surface area contributed by atoms with E-state index in [1.165, 1.54) is 6.20 Å². The Labute approximate surface area is 101 Å². The number of carbonyl (C=O) groups excluding carboxylic acids is 1. The summed E-state index contributed by atoms with van der Waals surface area (Å²) in [5, 5.41) is 1.41. The van der Waals surface area contributed by atoms with Crippen LogP contribution in [-0.4, -0.2) is 15.8 Å². The van der Waals surface area contributed by atoms with E-state index < -0.39 is 0 Å². The van der Waals surface area contributed by atoms with Crippen LogP contribution in [0.25, 0.3) is 11.0 Å². The molecule has 0 bridgehead atoms. The van der Waals surface area contributed by atoms with E-state index in [0.29, 0.717) is 10.6 Å². The van der Waals surface area contributed by atoms with Gasteiger partial charge in [-0.05, 0) is 24.3 Å². The average molecular weight is 247 g/mol. The quantitative estimate of drug-likeness (QED) is 0.707. The highest BCUT2D eigenvalue weighted by molar-refractivity contribution is 6.31. The predicted octanol–water partition coefficient (Wildman–Crippen LogP) is 3.04. The smallest absolute Gasteiger partial charge is 0.263 e. The first-order chi connectivity index (χ1) is 8.24. The number of fused-ring (bicyclic) bond motifs is 1. The van der Waals surface area contributed by atoms with E-state index in [-0.39, 0.29) is 17.4 Å². The number of furan rings is 1. The maximum Gasteiger partial charge on any atom is 0.263 e. The number of aromatic nitrogens is 2. The van der Waals surface area contributed by atoms with Crippen molar-refractivity contribution in [1.82, 2.24) is 9.97 Å². The summed E-state index contributed by atoms with van der Waals surface area (Å²) in [7, 11) is 0. The molecule has 84 valence electrons. The molecule has 4 nitrogen and oxygen atoms in total. The molecule has 0 aliphatic carbocycles. The minimum absolute atomic E-state index is 0.247. The third-order valence-electron chi connectivity index (χ3n) is 2.42. The van der Waals surface area contributed by atoms with E-state index in [0.717, 1.165) is 5.39 Å². The molecule has 0 aliphatic rings. The number of hydrogen-bond acceptors (Lipinski definition) is 3. The van der Waals surface area contributed by atoms with Crippen LogP contribution < -0.4 is 0 Å². The molecule has 0 spiro atoms. The van der Waals surface area contributed by atoms with Gasteiger partial charge in [-0.2, -0.15) is 0 Å². The fourth-order valence-electron chi connectivity index (χ4n) is 1.63. The maximum atomic E-state index is 11.9. The van der Waals surface area contributed by atoms with Gasteiger partial charge < -0.3 is 9.40 Å². The number of ketones is 1. The summed E-state index contributed by atoms with van der Waals surface area (Å²) in [6.45, 7) is 0. The number of rotatable bonds is 2. The Balaban J connectivity index is 2.09. The van der Waals surface area contributed by atoms with Crippen LogP contribution in [0.4, 0.5) is 0 Å². The molecule has 0 saturated heterocycles. The van der Waals surface area contributed by atoms with Crippen LogP contribution in [0.1, 0.15) is 16.4 Å². The van der Waals surface area contributed by atoms with Gasteiger partial charge in [0.15, 0.2) is 11.6 Å². The summed E-state index contributed by atoms with van der Waals surface area (Å²) in [6, 6.07) is 6.86. The predicted molar refractivity (Wildman–Crippen MR) is 63.2 cm³/mol. The summed E-state index contributed by atoms with van der Waals surface area (Å²) in [6.07, 6.45) is 3.11. The second-order valence-electron chi connectivity index (χ2n) is 3.56. The number of hydrogen-bond donors (Lipinski definition) is 1. The van der Waals surface area contributed by atoms with Gasteiger partial charge in [0.2, 0.25) is 0 Å². The minimum atomic E-state index is -0.276. The van der Waals surface area contributed by atoms with Crippen LogP contribution in [0.5, 0.6) is 0 Å². The van der Waals surface area contributed by atoms with Gasteiger partial charge in [0, 0.05) is 22.8 Å². The Morgan fingerprint density at radius 3 is 3.00 bits per heavy atom. The van der Waals surface area contributed by atoms with Crippen LogP contribution in [0.3, 0.4) is 0 Å². The maximum absolute atomic E-state index is 11.9. The van der Waals surface area contributed by atoms with Gasteiger partial charge in [0.1, 0.15) is 5.58 Å². The normalized spacial score (nSPS) is 10.9. The first-order valence-electron chi connectivity index (χ1n) is 4.97. The fraction of sp³-hybridized carbons (Fsp3) is 0. The van der Waals surface area contributed by atoms with Gasteiger partial charge in [0.05, 0.1) is 0 Å². The van der Waals surface area contributed by atoms with Gasteiger partial charge in [-0.15, -0.1) is 0 Å². The molecule has 0 saturated carbocycles. The second-order valence-corrected chi connectivity index (χ2v) is 4.00. The SMILES string of the molecule is O=C(c1ncc[nH]1)c1cc2cc(Cl)ccc2o1. The number of nitrogens with one attached hydrogen (secondary N) is 1. The standard InChI is InChI=1S/C12H7ClN2O2/c13-8-1-2-9-7(5-8)6-10(17-9)11(16)12-14-3-4-15-12/h1-6H,(H,14,15). The van der Waals surface area contributed by atoms with E-state index in [2.05, 4.69) is 9.97 Å². The average Bonchev–Trinajstić information content (AvgIpc) is 2.96. The third-order valence-corrected chi connectivity index (χ3v) is 2.65. The highest BCUT2D eigenvalue weighted by Crippen LogP contribution is 2.23. The van der Waals surface area contributed by atoms with Crippen molar-refractivity contribution in [3.05, 3.63) is 53.3 Å². The van der Waals surface area contributed by atoms with Gasteiger partial charge in [0.25, 0.3) is 5.78 Å². The van der Waals surface area contributed by atoms with E-state index in [1.807, 2.05) is 0 Å². The molecular weight excluding hydrogens is 240 g/mol. The van der Waals surface area contributed by atoms with Crippen molar-refractivity contribution in [2.75, 3.05) is 0 Å². The Kier molecular flexibility index (Phi) is 2.23. The van der Waals surface area contributed by atoms with E-state index in [9.17, 15) is 4.79 Å². The molecule has 5 heteroatoms. The van der Waals surface area contributed by atoms with Crippen molar-refractivity contribution in [2.45, 2.75) is 0 Å². The number of H-pyrrole nitrogens is 1. The monoisotopic (exact) mass is 246 g/mol. The first kappa shape index (κ1) is 10.1. The van der Waals surface area contributed by atoms with Gasteiger partial charge in [-0.1, -0.05) is 11.6 Å². The van der Waals surface area contributed by atoms with Crippen molar-refractivity contribution in [3.63, 3.8) is 0 Å². The van der Waals surface area contributed by atoms with E-state index in [4.69, 9.17) is 16.0 Å². The number of aromatic amines is 1. The van der Waals surface area contributed by atoms with Crippen molar-refractivity contribution >= 4 is 28.4 Å². The van der Waals surface area contributed by atoms with Crippen molar-refractivity contribution in [3.8, 4) is 0 Å². The lowest BCUT2D eigenvalue weighted by Gasteiger charge is -1.90. The number of benzene rings is 1. The summed E-state index contributed by atoms with van der Waals surface area (Å²) in [4.78, 5) is 18.6. The topological polar surface area (TPSA) is 58.9 Å². The second kappa shape index (κ2) is 3.75. The highest BCUT2D eigenvalue weighted by Gasteiger charge is 2.16. The zero-order valence-corrected chi connectivity index (χ0v) is 9.36. The third kappa shape index (κ3) is 1.72. The number of nitrogens with zero attached hydrogens (tertiary/aromatic N) is 1. The lowest BCUT2D eigenvalue weighted by molar-refractivity contribution is 0.100. The molecule has 0 aliphatic heterocycles. The molecule has 2 heterocycles. The molecular formula is C12H7ClN2O2. The Morgan fingerprint density at radius 1 is 1.35 bits per heavy atom. The van der Waals surface area contributed by atoms with E-state index >= 15 is 0 Å². The van der Waals surface area contributed by atoms with Crippen molar-refractivity contribution in [2.24, 2.45) is 0 Å². The summed E-state index contributed by atoms with van der Waals surface area (Å²) >= 11 is 5.86. The Bertz CT molecular complexity index is 686. The lowest BCUT2D eigenvalue weighted by atomic mass is 10.2. The zero-order valence-electron chi connectivity index (χ0n) is 8.61. The molecule has 0 unspecified atom stereocenters. The van der Waals surface area contributed by atoms with Crippen LogP contribution in [0.15, 0.2) is 41.1 Å². The first-order valence-corrected chi connectivity index (χ1v) is 5.35. The highest BCUT2D eigenvalue weighted by atomic mass is 35.5. The van der Waals surface area contributed by atoms with Crippen LogP contribution in [-0.2, 0) is 0 Å². The minimum Gasteiger partial charge on any atom is -0.452 e. The van der Waals surface area contributed by atoms with Gasteiger partial charge in [-0.25, -0.2) is 4.98 Å². The molecule has 3 aromatic rings. The number of halogens is 1. The summed E-state index contributed by atoms with van der Waals surface area (Å²) in [5.41, 5.74) is 0.629. The van der Waals surface area contributed by atoms with E-state index in [1.54, 1.807) is 30.5 Å². The zero-order chi connectivity index (χ0) is 11.8. The van der Waals surface area contributed by atoms with Crippen LogP contribution in [0, 0.1) is 0 Å². The summed E-state index contributed by atoms with van der Waals surface area (Å²) in [5.74, 6) is 0.231.